The third-order valence-corrected chi connectivity index (χ3v) is 4.07. The van der Waals surface area contributed by atoms with Crippen molar-refractivity contribution in [3.8, 4) is 0 Å². The highest BCUT2D eigenvalue weighted by Crippen LogP contribution is 2.48. The summed E-state index contributed by atoms with van der Waals surface area (Å²) in [5, 5.41) is 0. The van der Waals surface area contributed by atoms with E-state index < -0.39 is 0 Å². The summed E-state index contributed by atoms with van der Waals surface area (Å²) in [4.78, 5) is 14.2. The van der Waals surface area contributed by atoms with E-state index in [-0.39, 0.29) is 0 Å². The first-order valence-electron chi connectivity index (χ1n) is 6.26. The van der Waals surface area contributed by atoms with Gasteiger partial charge in [-0.2, -0.15) is 0 Å². The van der Waals surface area contributed by atoms with E-state index in [1.54, 1.807) is 12.2 Å². The standard InChI is InChI=1S/C14H21NO/c1-3-7-15(8-4-2)14(16)13-10-11-5-6-12(13)9-11/h3-4,11-13H,1-2,5-10H2. The van der Waals surface area contributed by atoms with E-state index >= 15 is 0 Å². The number of nitrogens with zero attached hydrogens (tertiary/aromatic N) is 1. The molecule has 0 aromatic heterocycles. The van der Waals surface area contributed by atoms with Gasteiger partial charge < -0.3 is 4.90 Å². The maximum atomic E-state index is 12.3. The molecule has 16 heavy (non-hydrogen) atoms. The second-order valence-corrected chi connectivity index (χ2v) is 5.10. The Morgan fingerprint density at radius 3 is 2.31 bits per heavy atom. The van der Waals surface area contributed by atoms with E-state index in [1.807, 2.05) is 4.90 Å². The Hall–Kier alpha value is -1.05. The average molecular weight is 219 g/mol. The fourth-order valence-electron chi connectivity index (χ4n) is 3.35. The van der Waals surface area contributed by atoms with Crippen LogP contribution in [0.4, 0.5) is 0 Å². The second kappa shape index (κ2) is 4.86. The number of fused-ring (bicyclic) bond motifs is 2. The van der Waals surface area contributed by atoms with Crippen LogP contribution >= 0.6 is 0 Å². The summed E-state index contributed by atoms with van der Waals surface area (Å²) in [6.07, 6.45) is 8.61. The van der Waals surface area contributed by atoms with Crippen LogP contribution in [0.5, 0.6) is 0 Å². The Labute approximate surface area is 98.0 Å². The fraction of sp³-hybridized carbons (Fsp3) is 0.643. The van der Waals surface area contributed by atoms with Crippen LogP contribution in [0.1, 0.15) is 25.7 Å². The molecule has 2 heteroatoms. The summed E-state index contributed by atoms with van der Waals surface area (Å²) in [7, 11) is 0. The third-order valence-electron chi connectivity index (χ3n) is 4.07. The molecule has 2 aliphatic carbocycles. The molecule has 0 N–H and O–H groups in total. The summed E-state index contributed by atoms with van der Waals surface area (Å²) in [6, 6.07) is 0. The highest BCUT2D eigenvalue weighted by atomic mass is 16.2. The molecule has 2 aliphatic rings. The minimum atomic E-state index is 0.290. The van der Waals surface area contributed by atoms with E-state index in [0.29, 0.717) is 30.8 Å². The number of amides is 1. The molecular weight excluding hydrogens is 198 g/mol. The van der Waals surface area contributed by atoms with E-state index in [1.165, 1.54) is 19.3 Å². The molecule has 2 nitrogen and oxygen atoms in total. The van der Waals surface area contributed by atoms with Crippen molar-refractivity contribution in [1.82, 2.24) is 4.90 Å². The Balaban J connectivity index is 1.99. The molecule has 0 radical (unpaired) electrons. The number of hydrogen-bond donors (Lipinski definition) is 0. The molecule has 0 aromatic rings. The van der Waals surface area contributed by atoms with Crippen LogP contribution in [-0.4, -0.2) is 23.9 Å². The van der Waals surface area contributed by atoms with Crippen LogP contribution in [0.3, 0.4) is 0 Å². The van der Waals surface area contributed by atoms with Gasteiger partial charge in [-0.3, -0.25) is 4.79 Å². The highest BCUT2D eigenvalue weighted by molar-refractivity contribution is 5.80. The lowest BCUT2D eigenvalue weighted by atomic mass is 9.87. The first-order valence-corrected chi connectivity index (χ1v) is 6.26. The molecule has 2 bridgehead atoms. The van der Waals surface area contributed by atoms with E-state index in [0.717, 1.165) is 12.3 Å². The minimum Gasteiger partial charge on any atom is -0.335 e. The first-order chi connectivity index (χ1) is 7.76. The van der Waals surface area contributed by atoms with Crippen molar-refractivity contribution < 1.29 is 4.79 Å². The lowest BCUT2D eigenvalue weighted by Crippen LogP contribution is -2.38. The fourth-order valence-corrected chi connectivity index (χ4v) is 3.35. The van der Waals surface area contributed by atoms with Crippen LogP contribution in [0.15, 0.2) is 25.3 Å². The largest absolute Gasteiger partial charge is 0.335 e. The lowest BCUT2D eigenvalue weighted by Gasteiger charge is -2.27. The van der Waals surface area contributed by atoms with Gasteiger partial charge in [0.25, 0.3) is 0 Å². The normalized spacial score (nSPS) is 31.4. The van der Waals surface area contributed by atoms with Gasteiger partial charge in [0.15, 0.2) is 0 Å². The zero-order valence-corrected chi connectivity index (χ0v) is 9.90. The number of carbonyl (C=O) groups excluding carboxylic acids is 1. The quantitative estimate of drug-likeness (QED) is 0.651. The van der Waals surface area contributed by atoms with Gasteiger partial charge in [-0.15, -0.1) is 13.2 Å². The van der Waals surface area contributed by atoms with Crippen LogP contribution in [0, 0.1) is 17.8 Å². The van der Waals surface area contributed by atoms with Gasteiger partial charge in [-0.1, -0.05) is 18.6 Å². The molecule has 0 aliphatic heterocycles. The monoisotopic (exact) mass is 219 g/mol. The van der Waals surface area contributed by atoms with Crippen LogP contribution in [-0.2, 0) is 4.79 Å². The van der Waals surface area contributed by atoms with Gasteiger partial charge in [0.2, 0.25) is 5.91 Å². The molecule has 1 amide bonds. The molecule has 0 saturated heterocycles. The van der Waals surface area contributed by atoms with Gasteiger partial charge in [0, 0.05) is 19.0 Å². The average Bonchev–Trinajstić information content (AvgIpc) is 2.89. The van der Waals surface area contributed by atoms with Gasteiger partial charge in [-0.05, 0) is 31.1 Å². The first kappa shape index (κ1) is 11.4. The van der Waals surface area contributed by atoms with Crippen LogP contribution < -0.4 is 0 Å². The summed E-state index contributed by atoms with van der Waals surface area (Å²) >= 11 is 0. The van der Waals surface area contributed by atoms with Crippen molar-refractivity contribution in [1.29, 1.82) is 0 Å². The molecule has 2 fully saturated rings. The van der Waals surface area contributed by atoms with Crippen molar-refractivity contribution in [3.05, 3.63) is 25.3 Å². The highest BCUT2D eigenvalue weighted by Gasteiger charge is 2.44. The zero-order valence-electron chi connectivity index (χ0n) is 9.90. The topological polar surface area (TPSA) is 20.3 Å². The SMILES string of the molecule is C=CCN(CC=C)C(=O)C1CC2CCC1C2. The smallest absolute Gasteiger partial charge is 0.226 e. The molecule has 0 spiro atoms. The molecule has 88 valence electrons. The number of hydrogen-bond acceptors (Lipinski definition) is 1. The van der Waals surface area contributed by atoms with Crippen molar-refractivity contribution in [3.63, 3.8) is 0 Å². The van der Waals surface area contributed by atoms with Gasteiger partial charge >= 0.3 is 0 Å². The molecule has 0 heterocycles. The van der Waals surface area contributed by atoms with E-state index in [9.17, 15) is 4.79 Å². The van der Waals surface area contributed by atoms with Crippen molar-refractivity contribution in [2.24, 2.45) is 17.8 Å². The molecule has 2 rings (SSSR count). The predicted octanol–water partition coefficient (Wildman–Crippen LogP) is 2.62. The summed E-state index contributed by atoms with van der Waals surface area (Å²) in [5.74, 6) is 2.11. The maximum Gasteiger partial charge on any atom is 0.226 e. The van der Waals surface area contributed by atoms with Gasteiger partial charge in [0.05, 0.1) is 0 Å². The Kier molecular flexibility index (Phi) is 3.47. The van der Waals surface area contributed by atoms with Crippen LogP contribution in [0.2, 0.25) is 0 Å². The molecule has 3 atom stereocenters. The Morgan fingerprint density at radius 2 is 1.88 bits per heavy atom. The summed E-state index contributed by atoms with van der Waals surface area (Å²) in [6.45, 7) is 8.73. The van der Waals surface area contributed by atoms with E-state index in [2.05, 4.69) is 13.2 Å². The Morgan fingerprint density at radius 1 is 1.19 bits per heavy atom. The molecule has 0 aromatic carbocycles. The molecule has 2 saturated carbocycles. The number of carbonyl (C=O) groups is 1. The zero-order chi connectivity index (χ0) is 11.5. The maximum absolute atomic E-state index is 12.3. The van der Waals surface area contributed by atoms with Gasteiger partial charge in [0.1, 0.15) is 0 Å². The lowest BCUT2D eigenvalue weighted by molar-refractivity contribution is -0.136. The van der Waals surface area contributed by atoms with Crippen molar-refractivity contribution in [2.45, 2.75) is 25.7 Å². The Bertz CT molecular complexity index is 287. The minimum absolute atomic E-state index is 0.290. The molecular formula is C14H21NO. The van der Waals surface area contributed by atoms with Crippen LogP contribution in [0.25, 0.3) is 0 Å². The number of rotatable bonds is 5. The summed E-state index contributed by atoms with van der Waals surface area (Å²) < 4.78 is 0. The third kappa shape index (κ3) is 2.06. The predicted molar refractivity (Wildman–Crippen MR) is 65.9 cm³/mol. The second-order valence-electron chi connectivity index (χ2n) is 5.10. The molecule has 3 unspecified atom stereocenters. The van der Waals surface area contributed by atoms with Gasteiger partial charge in [-0.25, -0.2) is 0 Å². The summed E-state index contributed by atoms with van der Waals surface area (Å²) in [5.41, 5.74) is 0. The van der Waals surface area contributed by atoms with E-state index in [4.69, 9.17) is 0 Å². The van der Waals surface area contributed by atoms with Crippen molar-refractivity contribution in [2.75, 3.05) is 13.1 Å². The van der Waals surface area contributed by atoms with Crippen molar-refractivity contribution >= 4 is 5.91 Å².